The number of pyridine rings is 1. The van der Waals surface area contributed by atoms with E-state index in [1.165, 1.54) is 6.08 Å². The number of unbranched alkanes of at least 4 members (excludes halogenated alkanes) is 2. The summed E-state index contributed by atoms with van der Waals surface area (Å²) in [6, 6.07) is 15.8. The first kappa shape index (κ1) is 24.4. The summed E-state index contributed by atoms with van der Waals surface area (Å²) in [4.78, 5) is 17.0. The largest absolute Gasteiger partial charge is 0.285 e. The molecule has 0 unspecified atom stereocenters. The summed E-state index contributed by atoms with van der Waals surface area (Å²) in [5.41, 5.74) is 3.26. The number of benzene rings is 1. The highest BCUT2D eigenvalue weighted by Gasteiger charge is 2.19. The Balaban J connectivity index is 1.69. The van der Waals surface area contributed by atoms with E-state index >= 15 is 0 Å². The summed E-state index contributed by atoms with van der Waals surface area (Å²) in [5.74, 6) is -0.00571. The molecular weight excluding hydrogens is 462 g/mol. The van der Waals surface area contributed by atoms with Gasteiger partial charge >= 0.3 is 0 Å². The van der Waals surface area contributed by atoms with Crippen LogP contribution in [-0.2, 0) is 21.4 Å². The van der Waals surface area contributed by atoms with E-state index in [0.29, 0.717) is 24.2 Å². The first-order valence-electron chi connectivity index (χ1n) is 11.6. The van der Waals surface area contributed by atoms with E-state index in [0.717, 1.165) is 35.3 Å². The Morgan fingerprint density at radius 3 is 2.66 bits per heavy atom. The van der Waals surface area contributed by atoms with E-state index in [-0.39, 0.29) is 5.75 Å². The summed E-state index contributed by atoms with van der Waals surface area (Å²) < 4.78 is 30.4. The zero-order chi connectivity index (χ0) is 24.8. The van der Waals surface area contributed by atoms with Crippen LogP contribution in [-0.4, -0.2) is 39.4 Å². The lowest BCUT2D eigenvalue weighted by Gasteiger charge is -2.11. The molecule has 1 N–H and O–H groups in total. The fourth-order valence-electron chi connectivity index (χ4n) is 3.98. The number of rotatable bonds is 10. The SMILES string of the molecule is CCCCCS(=O)(=O)NC(=O)C=Cc1c(C)nn(Cc2ccccc2)c1-n1ccc2cccnc21. The topological polar surface area (TPSA) is 98.9 Å². The van der Waals surface area contributed by atoms with Gasteiger partial charge in [0.15, 0.2) is 0 Å². The van der Waals surface area contributed by atoms with Gasteiger partial charge in [-0.05, 0) is 43.2 Å². The molecule has 1 amide bonds. The second kappa shape index (κ2) is 10.7. The average molecular weight is 492 g/mol. The number of amides is 1. The van der Waals surface area contributed by atoms with E-state index in [1.54, 1.807) is 12.3 Å². The van der Waals surface area contributed by atoms with E-state index in [1.807, 2.05) is 77.8 Å². The van der Waals surface area contributed by atoms with Gasteiger partial charge in [-0.3, -0.25) is 9.36 Å². The van der Waals surface area contributed by atoms with Crippen LogP contribution >= 0.6 is 0 Å². The van der Waals surface area contributed by atoms with Crippen molar-refractivity contribution >= 4 is 33.0 Å². The molecule has 4 aromatic rings. The maximum atomic E-state index is 12.5. The summed E-state index contributed by atoms with van der Waals surface area (Å²) in [7, 11) is -3.67. The van der Waals surface area contributed by atoms with Gasteiger partial charge in [0.25, 0.3) is 5.91 Å². The van der Waals surface area contributed by atoms with Gasteiger partial charge in [-0.25, -0.2) is 22.8 Å². The normalized spacial score (nSPS) is 11.9. The van der Waals surface area contributed by atoms with Crippen LogP contribution in [0.1, 0.15) is 43.0 Å². The van der Waals surface area contributed by atoms with Crippen molar-refractivity contribution in [1.82, 2.24) is 24.1 Å². The van der Waals surface area contributed by atoms with Crippen LogP contribution in [0.2, 0.25) is 0 Å². The van der Waals surface area contributed by atoms with Crippen LogP contribution in [0.5, 0.6) is 0 Å². The first-order valence-corrected chi connectivity index (χ1v) is 13.3. The van der Waals surface area contributed by atoms with Gasteiger partial charge in [-0.2, -0.15) is 5.10 Å². The summed E-state index contributed by atoms with van der Waals surface area (Å²) >= 11 is 0. The number of aryl methyl sites for hydroxylation is 1. The molecule has 182 valence electrons. The highest BCUT2D eigenvalue weighted by atomic mass is 32.2. The molecule has 0 fully saturated rings. The molecular formula is C26H29N5O3S. The minimum Gasteiger partial charge on any atom is -0.285 e. The van der Waals surface area contributed by atoms with Crippen molar-refractivity contribution in [3.05, 3.63) is 83.8 Å². The molecule has 0 radical (unpaired) electrons. The fourth-order valence-corrected chi connectivity index (χ4v) is 5.04. The quantitative estimate of drug-likeness (QED) is 0.264. The zero-order valence-electron chi connectivity index (χ0n) is 19.9. The highest BCUT2D eigenvalue weighted by Crippen LogP contribution is 2.26. The molecule has 9 heteroatoms. The number of aromatic nitrogens is 4. The van der Waals surface area contributed by atoms with E-state index in [9.17, 15) is 13.2 Å². The molecule has 0 saturated carbocycles. The maximum absolute atomic E-state index is 12.5. The molecule has 0 bridgehead atoms. The molecule has 0 aliphatic rings. The fraction of sp³-hybridized carbons (Fsp3) is 0.269. The van der Waals surface area contributed by atoms with Crippen molar-refractivity contribution in [2.45, 2.75) is 39.7 Å². The van der Waals surface area contributed by atoms with Crippen molar-refractivity contribution in [2.75, 3.05) is 5.75 Å². The minimum absolute atomic E-state index is 0.0687. The number of hydrogen-bond donors (Lipinski definition) is 1. The third-order valence-electron chi connectivity index (χ3n) is 5.67. The number of hydrogen-bond acceptors (Lipinski definition) is 5. The lowest BCUT2D eigenvalue weighted by atomic mass is 10.2. The smallest absolute Gasteiger partial charge is 0.257 e. The Labute approximate surface area is 205 Å². The Hall–Kier alpha value is -3.72. The summed E-state index contributed by atoms with van der Waals surface area (Å²) in [6.45, 7) is 4.38. The number of carbonyl (C=O) groups is 1. The molecule has 0 atom stereocenters. The van der Waals surface area contributed by atoms with E-state index in [4.69, 9.17) is 5.10 Å². The average Bonchev–Trinajstić information content (AvgIpc) is 3.38. The molecule has 4 rings (SSSR count). The summed E-state index contributed by atoms with van der Waals surface area (Å²) in [6.07, 6.45) is 8.74. The molecule has 0 aliphatic heterocycles. The van der Waals surface area contributed by atoms with Crippen molar-refractivity contribution in [2.24, 2.45) is 0 Å². The van der Waals surface area contributed by atoms with Crippen molar-refractivity contribution in [3.8, 4) is 5.82 Å². The highest BCUT2D eigenvalue weighted by molar-refractivity contribution is 7.90. The molecule has 1 aromatic carbocycles. The van der Waals surface area contributed by atoms with Gasteiger partial charge in [0, 0.05) is 29.4 Å². The molecule has 8 nitrogen and oxygen atoms in total. The molecule has 0 aliphatic carbocycles. The van der Waals surface area contributed by atoms with E-state index in [2.05, 4.69) is 9.71 Å². The zero-order valence-corrected chi connectivity index (χ0v) is 20.7. The third-order valence-corrected chi connectivity index (χ3v) is 7.01. The molecule has 0 spiro atoms. The van der Waals surface area contributed by atoms with Crippen molar-refractivity contribution in [3.63, 3.8) is 0 Å². The molecule has 35 heavy (non-hydrogen) atoms. The first-order chi connectivity index (χ1) is 16.9. The minimum atomic E-state index is -3.67. The summed E-state index contributed by atoms with van der Waals surface area (Å²) in [5, 5.41) is 5.71. The lowest BCUT2D eigenvalue weighted by Crippen LogP contribution is -2.31. The lowest BCUT2D eigenvalue weighted by molar-refractivity contribution is -0.114. The second-order valence-corrected chi connectivity index (χ2v) is 10.2. The van der Waals surface area contributed by atoms with Crippen LogP contribution in [0, 0.1) is 6.92 Å². The number of nitrogens with one attached hydrogen (secondary N) is 1. The number of nitrogens with zero attached hydrogens (tertiary/aromatic N) is 4. The molecule has 0 saturated heterocycles. The van der Waals surface area contributed by atoms with E-state index < -0.39 is 15.9 Å². The van der Waals surface area contributed by atoms with Crippen LogP contribution in [0.25, 0.3) is 22.9 Å². The van der Waals surface area contributed by atoms with Crippen LogP contribution in [0.15, 0.2) is 67.0 Å². The van der Waals surface area contributed by atoms with Crippen LogP contribution in [0.4, 0.5) is 0 Å². The van der Waals surface area contributed by atoms with Gasteiger partial charge in [-0.1, -0.05) is 50.1 Å². The number of fused-ring (bicyclic) bond motifs is 1. The van der Waals surface area contributed by atoms with Crippen LogP contribution < -0.4 is 4.72 Å². The third kappa shape index (κ3) is 5.86. The Bertz CT molecular complexity index is 1450. The monoisotopic (exact) mass is 491 g/mol. The number of carbonyl (C=O) groups excluding carboxylic acids is 1. The van der Waals surface area contributed by atoms with Crippen molar-refractivity contribution in [1.29, 1.82) is 0 Å². The Morgan fingerprint density at radius 1 is 1.09 bits per heavy atom. The van der Waals surface area contributed by atoms with Crippen molar-refractivity contribution < 1.29 is 13.2 Å². The van der Waals surface area contributed by atoms with Gasteiger partial charge in [0.1, 0.15) is 11.5 Å². The number of sulfonamides is 1. The van der Waals surface area contributed by atoms with Gasteiger partial charge in [0.05, 0.1) is 18.0 Å². The Morgan fingerprint density at radius 2 is 1.89 bits per heavy atom. The second-order valence-electron chi connectivity index (χ2n) is 8.39. The molecule has 3 heterocycles. The maximum Gasteiger partial charge on any atom is 0.257 e. The molecule has 3 aromatic heterocycles. The van der Waals surface area contributed by atoms with Crippen LogP contribution in [0.3, 0.4) is 0 Å². The standard InChI is InChI=1S/C26H29N5O3S/c1-3-4-8-18-35(33,34)29-24(32)14-13-23-20(2)28-31(19-21-10-6-5-7-11-21)26(23)30-17-15-22-12-9-16-27-25(22)30/h5-7,9-17H,3-4,8,18-19H2,1-2H3,(H,29,32). The predicted molar refractivity (Wildman–Crippen MR) is 138 cm³/mol. The Kier molecular flexibility index (Phi) is 7.45. The van der Waals surface area contributed by atoms with Gasteiger partial charge < -0.3 is 0 Å². The predicted octanol–water partition coefficient (Wildman–Crippen LogP) is 4.23. The van der Waals surface area contributed by atoms with Gasteiger partial charge in [0.2, 0.25) is 10.0 Å². The van der Waals surface area contributed by atoms with Gasteiger partial charge in [-0.15, -0.1) is 0 Å².